The molecule has 0 fully saturated rings. The summed E-state index contributed by atoms with van der Waals surface area (Å²) >= 11 is 0. The number of unbranched alkanes of at least 4 members (excludes halogenated alkanes) is 1. The molecule has 16 heavy (non-hydrogen) atoms. The molecule has 1 N–H and O–H groups in total. The Morgan fingerprint density at radius 2 is 2.06 bits per heavy atom. The van der Waals surface area contributed by atoms with Crippen LogP contribution < -0.4 is 0 Å². The van der Waals surface area contributed by atoms with Crippen molar-refractivity contribution in [2.45, 2.75) is 39.7 Å². The zero-order valence-electron chi connectivity index (χ0n) is 10.0. The molecule has 0 atom stereocenters. The molecule has 0 radical (unpaired) electrons. The molecule has 0 saturated carbocycles. The van der Waals surface area contributed by atoms with Crippen LogP contribution in [0.2, 0.25) is 0 Å². The smallest absolute Gasteiger partial charge is 0.117 e. The maximum atomic E-state index is 9.55. The first-order valence-electron chi connectivity index (χ1n) is 6.07. The van der Waals surface area contributed by atoms with E-state index in [0.29, 0.717) is 5.75 Å². The molecule has 86 valence electrons. The summed E-state index contributed by atoms with van der Waals surface area (Å²) in [6.45, 7) is 5.41. The molecular weight excluding hydrogens is 198 g/mol. The van der Waals surface area contributed by atoms with E-state index in [-0.39, 0.29) is 0 Å². The summed E-state index contributed by atoms with van der Waals surface area (Å²) in [5, 5.41) is 10.8. The summed E-state index contributed by atoms with van der Waals surface area (Å²) < 4.78 is 2.26. The monoisotopic (exact) mass is 217 g/mol. The zero-order valence-corrected chi connectivity index (χ0v) is 10.0. The number of aromatic hydroxyl groups is 1. The molecule has 2 nitrogen and oxygen atoms in total. The first-order valence-corrected chi connectivity index (χ1v) is 6.07. The van der Waals surface area contributed by atoms with Crippen LogP contribution in [0.1, 0.15) is 32.3 Å². The second-order valence-corrected chi connectivity index (χ2v) is 4.26. The number of phenolic OH excluding ortho intramolecular Hbond substituents is 1. The van der Waals surface area contributed by atoms with E-state index in [1.165, 1.54) is 23.8 Å². The maximum Gasteiger partial charge on any atom is 0.117 e. The van der Waals surface area contributed by atoms with Gasteiger partial charge in [-0.2, -0.15) is 0 Å². The third kappa shape index (κ3) is 1.92. The van der Waals surface area contributed by atoms with Crippen molar-refractivity contribution in [3.8, 4) is 5.75 Å². The number of phenols is 1. The van der Waals surface area contributed by atoms with Gasteiger partial charge in [-0.05, 0) is 30.5 Å². The highest BCUT2D eigenvalue weighted by Crippen LogP contribution is 2.26. The van der Waals surface area contributed by atoms with Crippen LogP contribution in [0.4, 0.5) is 0 Å². The topological polar surface area (TPSA) is 25.2 Å². The van der Waals surface area contributed by atoms with E-state index in [0.717, 1.165) is 18.5 Å². The average Bonchev–Trinajstić information content (AvgIpc) is 2.64. The van der Waals surface area contributed by atoms with Crippen molar-refractivity contribution in [1.82, 2.24) is 4.57 Å². The third-order valence-corrected chi connectivity index (χ3v) is 3.08. The lowest BCUT2D eigenvalue weighted by atomic mass is 10.1. The predicted octanol–water partition coefficient (Wildman–Crippen LogP) is 3.71. The number of rotatable bonds is 4. The number of aromatic nitrogens is 1. The quantitative estimate of drug-likeness (QED) is 0.829. The summed E-state index contributed by atoms with van der Waals surface area (Å²) in [6, 6.07) is 5.65. The van der Waals surface area contributed by atoms with Gasteiger partial charge in [0.15, 0.2) is 0 Å². The predicted molar refractivity (Wildman–Crippen MR) is 67.9 cm³/mol. The van der Waals surface area contributed by atoms with Crippen LogP contribution in [0.25, 0.3) is 10.9 Å². The van der Waals surface area contributed by atoms with E-state index >= 15 is 0 Å². The van der Waals surface area contributed by atoms with Gasteiger partial charge in [-0.3, -0.25) is 0 Å². The number of fused-ring (bicyclic) bond motifs is 1. The van der Waals surface area contributed by atoms with Gasteiger partial charge in [-0.1, -0.05) is 20.3 Å². The Labute approximate surface area is 96.5 Å². The van der Waals surface area contributed by atoms with E-state index in [4.69, 9.17) is 0 Å². The molecule has 0 aliphatic carbocycles. The van der Waals surface area contributed by atoms with Crippen LogP contribution in [0.5, 0.6) is 5.75 Å². The second-order valence-electron chi connectivity index (χ2n) is 4.26. The largest absolute Gasteiger partial charge is 0.508 e. The third-order valence-electron chi connectivity index (χ3n) is 3.08. The van der Waals surface area contributed by atoms with E-state index in [9.17, 15) is 5.11 Å². The van der Waals surface area contributed by atoms with Crippen LogP contribution in [0, 0.1) is 0 Å². The molecule has 0 bridgehead atoms. The maximum absolute atomic E-state index is 9.55. The van der Waals surface area contributed by atoms with Gasteiger partial charge in [-0.25, -0.2) is 0 Å². The molecule has 0 amide bonds. The van der Waals surface area contributed by atoms with Crippen LogP contribution >= 0.6 is 0 Å². The normalized spacial score (nSPS) is 11.1. The number of aryl methyl sites for hydroxylation is 2. The minimum absolute atomic E-state index is 0.353. The standard InChI is InChI=1S/C14H19NO/c1-3-5-8-15-10-11(4-2)13-7-6-12(16)9-14(13)15/h6-7,9-10,16H,3-5,8H2,1-2H3. The van der Waals surface area contributed by atoms with Crippen LogP contribution in [-0.2, 0) is 13.0 Å². The lowest BCUT2D eigenvalue weighted by Gasteiger charge is -2.03. The molecule has 0 aliphatic heterocycles. The Hall–Kier alpha value is -1.44. The molecule has 0 aliphatic rings. The number of hydrogen-bond donors (Lipinski definition) is 1. The minimum Gasteiger partial charge on any atom is -0.508 e. The molecule has 2 aromatic rings. The van der Waals surface area contributed by atoms with Crippen molar-refractivity contribution in [3.05, 3.63) is 30.0 Å². The highest BCUT2D eigenvalue weighted by molar-refractivity contribution is 5.85. The number of benzene rings is 1. The van der Waals surface area contributed by atoms with Gasteiger partial charge in [0.1, 0.15) is 5.75 Å². The fourth-order valence-corrected chi connectivity index (χ4v) is 2.15. The zero-order chi connectivity index (χ0) is 11.5. The van der Waals surface area contributed by atoms with Gasteiger partial charge in [0, 0.05) is 24.2 Å². The molecule has 2 heteroatoms. The molecule has 0 spiro atoms. The Morgan fingerprint density at radius 3 is 2.75 bits per heavy atom. The molecule has 1 aromatic carbocycles. The van der Waals surface area contributed by atoms with E-state index < -0.39 is 0 Å². The van der Waals surface area contributed by atoms with Crippen LogP contribution in [-0.4, -0.2) is 9.67 Å². The Morgan fingerprint density at radius 1 is 1.25 bits per heavy atom. The van der Waals surface area contributed by atoms with Crippen molar-refractivity contribution < 1.29 is 5.11 Å². The Kier molecular flexibility index (Phi) is 3.18. The summed E-state index contributed by atoms with van der Waals surface area (Å²) in [5.74, 6) is 0.353. The van der Waals surface area contributed by atoms with Crippen LogP contribution in [0.3, 0.4) is 0 Å². The summed E-state index contributed by atoms with van der Waals surface area (Å²) in [4.78, 5) is 0. The summed E-state index contributed by atoms with van der Waals surface area (Å²) in [7, 11) is 0. The minimum atomic E-state index is 0.353. The first kappa shape index (κ1) is 11.1. The molecule has 1 heterocycles. The summed E-state index contributed by atoms with van der Waals surface area (Å²) in [6.07, 6.45) is 5.64. The van der Waals surface area contributed by atoms with Gasteiger partial charge >= 0.3 is 0 Å². The molecule has 0 saturated heterocycles. The highest BCUT2D eigenvalue weighted by Gasteiger charge is 2.07. The highest BCUT2D eigenvalue weighted by atomic mass is 16.3. The van der Waals surface area contributed by atoms with Crippen molar-refractivity contribution >= 4 is 10.9 Å². The first-order chi connectivity index (χ1) is 7.76. The van der Waals surface area contributed by atoms with Gasteiger partial charge in [0.05, 0.1) is 5.52 Å². The van der Waals surface area contributed by atoms with Crippen LogP contribution in [0.15, 0.2) is 24.4 Å². The lowest BCUT2D eigenvalue weighted by Crippen LogP contribution is -1.94. The second kappa shape index (κ2) is 4.60. The average molecular weight is 217 g/mol. The van der Waals surface area contributed by atoms with Gasteiger partial charge < -0.3 is 9.67 Å². The SMILES string of the molecule is CCCCn1cc(CC)c2ccc(O)cc21. The fraction of sp³-hybridized carbons (Fsp3) is 0.429. The van der Waals surface area contributed by atoms with Gasteiger partial charge in [-0.15, -0.1) is 0 Å². The fourth-order valence-electron chi connectivity index (χ4n) is 2.15. The Bertz CT molecular complexity index is 485. The van der Waals surface area contributed by atoms with Crippen molar-refractivity contribution in [2.24, 2.45) is 0 Å². The van der Waals surface area contributed by atoms with E-state index in [1.54, 1.807) is 6.07 Å². The van der Waals surface area contributed by atoms with Crippen molar-refractivity contribution in [1.29, 1.82) is 0 Å². The number of hydrogen-bond acceptors (Lipinski definition) is 1. The Balaban J connectivity index is 2.50. The van der Waals surface area contributed by atoms with E-state index in [1.807, 2.05) is 12.1 Å². The molecule has 1 aromatic heterocycles. The van der Waals surface area contributed by atoms with Gasteiger partial charge in [0.25, 0.3) is 0 Å². The lowest BCUT2D eigenvalue weighted by molar-refractivity contribution is 0.475. The molecule has 2 rings (SSSR count). The van der Waals surface area contributed by atoms with Gasteiger partial charge in [0.2, 0.25) is 0 Å². The van der Waals surface area contributed by atoms with E-state index in [2.05, 4.69) is 24.6 Å². The van der Waals surface area contributed by atoms with Crippen molar-refractivity contribution in [2.75, 3.05) is 0 Å². The van der Waals surface area contributed by atoms with Crippen molar-refractivity contribution in [3.63, 3.8) is 0 Å². The molecule has 0 unspecified atom stereocenters. The number of nitrogens with zero attached hydrogens (tertiary/aromatic N) is 1. The molecular formula is C14H19NO. The summed E-state index contributed by atoms with van der Waals surface area (Å²) in [5.41, 5.74) is 2.52.